The van der Waals surface area contributed by atoms with Gasteiger partial charge in [0.15, 0.2) is 0 Å². The Morgan fingerprint density at radius 1 is 1.38 bits per heavy atom. The molecule has 73 valence electrons. The van der Waals surface area contributed by atoms with Crippen LogP contribution in [0, 0.1) is 6.20 Å². The van der Waals surface area contributed by atoms with Gasteiger partial charge in [0, 0.05) is 26.5 Å². The van der Waals surface area contributed by atoms with Crippen LogP contribution in [0.25, 0.3) is 0 Å². The first kappa shape index (κ1) is 10.2. The molecule has 0 amide bonds. The van der Waals surface area contributed by atoms with Gasteiger partial charge >= 0.3 is 0 Å². The van der Waals surface area contributed by atoms with Gasteiger partial charge in [-0.25, -0.2) is 4.98 Å². The molecule has 1 radical (unpaired) electrons. The van der Waals surface area contributed by atoms with Crippen LogP contribution in [-0.2, 0) is 16.0 Å². The van der Waals surface area contributed by atoms with E-state index in [1.807, 2.05) is 10.8 Å². The van der Waals surface area contributed by atoms with Crippen LogP contribution < -0.4 is 0 Å². The minimum atomic E-state index is 0.666. The zero-order chi connectivity index (χ0) is 9.36. The molecule has 13 heavy (non-hydrogen) atoms. The third-order valence-electron chi connectivity index (χ3n) is 1.64. The van der Waals surface area contributed by atoms with E-state index in [4.69, 9.17) is 9.47 Å². The fraction of sp³-hybridized carbons (Fsp3) is 0.667. The molecule has 0 aromatic carbocycles. The molecular formula is C9H15N2O2. The predicted molar refractivity (Wildman–Crippen MR) is 48.4 cm³/mol. The van der Waals surface area contributed by atoms with Crippen LogP contribution in [0.4, 0.5) is 0 Å². The zero-order valence-electron chi connectivity index (χ0n) is 7.90. The van der Waals surface area contributed by atoms with E-state index in [0.29, 0.717) is 13.2 Å². The largest absolute Gasteiger partial charge is 0.382 e. The molecule has 0 aliphatic heterocycles. The van der Waals surface area contributed by atoms with Gasteiger partial charge in [0.25, 0.3) is 0 Å². The standard InChI is InChI=1S/C9H15N2O2/c1-12-7-8-13-6-2-4-11-5-3-10-9-11/h5,9H,2,4,6-8H2,1H3. The average molecular weight is 183 g/mol. The lowest BCUT2D eigenvalue weighted by Gasteiger charge is -2.03. The van der Waals surface area contributed by atoms with E-state index in [0.717, 1.165) is 19.6 Å². The van der Waals surface area contributed by atoms with Crippen LogP contribution in [0.3, 0.4) is 0 Å². The molecule has 1 aromatic rings. The third-order valence-corrected chi connectivity index (χ3v) is 1.64. The minimum absolute atomic E-state index is 0.666. The van der Waals surface area contributed by atoms with Crippen LogP contribution >= 0.6 is 0 Å². The lowest BCUT2D eigenvalue weighted by molar-refractivity contribution is 0.0680. The Morgan fingerprint density at radius 3 is 3.00 bits per heavy atom. The van der Waals surface area contributed by atoms with Crippen LogP contribution in [0.1, 0.15) is 6.42 Å². The molecule has 0 aliphatic rings. The maximum Gasteiger partial charge on any atom is 0.108 e. The van der Waals surface area contributed by atoms with E-state index in [1.54, 1.807) is 13.4 Å². The van der Waals surface area contributed by atoms with Crippen molar-refractivity contribution in [2.24, 2.45) is 0 Å². The number of hydrogen-bond donors (Lipinski definition) is 0. The molecule has 0 spiro atoms. The van der Waals surface area contributed by atoms with Gasteiger partial charge in [-0.2, -0.15) is 0 Å². The van der Waals surface area contributed by atoms with E-state index < -0.39 is 0 Å². The van der Waals surface area contributed by atoms with Crippen molar-refractivity contribution in [3.8, 4) is 0 Å². The van der Waals surface area contributed by atoms with Gasteiger partial charge in [-0.15, -0.1) is 0 Å². The number of hydrogen-bond acceptors (Lipinski definition) is 3. The summed E-state index contributed by atoms with van der Waals surface area (Å²) >= 11 is 0. The molecule has 0 saturated heterocycles. The molecule has 1 aromatic heterocycles. The highest BCUT2D eigenvalue weighted by atomic mass is 16.5. The summed E-state index contributed by atoms with van der Waals surface area (Å²) in [6.45, 7) is 3.04. The number of aryl methyl sites for hydroxylation is 1. The predicted octanol–water partition coefficient (Wildman–Crippen LogP) is 0.736. The lowest BCUT2D eigenvalue weighted by atomic mass is 10.4. The summed E-state index contributed by atoms with van der Waals surface area (Å²) in [6, 6.07) is 0. The van der Waals surface area contributed by atoms with Crippen LogP contribution in [0.5, 0.6) is 0 Å². The van der Waals surface area contributed by atoms with Gasteiger partial charge in [-0.3, -0.25) is 0 Å². The van der Waals surface area contributed by atoms with Crippen LogP contribution in [0.15, 0.2) is 12.5 Å². The number of methoxy groups -OCH3 is 1. The van der Waals surface area contributed by atoms with Crippen molar-refractivity contribution in [2.75, 3.05) is 26.9 Å². The summed E-state index contributed by atoms with van der Waals surface area (Å²) in [5, 5.41) is 0. The van der Waals surface area contributed by atoms with Crippen molar-refractivity contribution >= 4 is 0 Å². The highest BCUT2D eigenvalue weighted by Gasteiger charge is 1.91. The van der Waals surface area contributed by atoms with Gasteiger partial charge in [-0.1, -0.05) is 0 Å². The first-order valence-electron chi connectivity index (χ1n) is 4.38. The minimum Gasteiger partial charge on any atom is -0.382 e. The molecule has 0 atom stereocenters. The smallest absolute Gasteiger partial charge is 0.108 e. The molecule has 4 nitrogen and oxygen atoms in total. The molecule has 0 bridgehead atoms. The molecular weight excluding hydrogens is 168 g/mol. The molecule has 0 fully saturated rings. The van der Waals surface area contributed by atoms with Gasteiger partial charge in [0.05, 0.1) is 19.5 Å². The quantitative estimate of drug-likeness (QED) is 0.585. The Morgan fingerprint density at radius 2 is 2.31 bits per heavy atom. The highest BCUT2D eigenvalue weighted by Crippen LogP contribution is 1.90. The SMILES string of the molecule is COCCOCCCn1c[c]nc1. The van der Waals surface area contributed by atoms with Crippen molar-refractivity contribution in [1.82, 2.24) is 9.55 Å². The summed E-state index contributed by atoms with van der Waals surface area (Å²) in [6.07, 6.45) is 7.32. The number of ether oxygens (including phenoxy) is 2. The number of aromatic nitrogens is 2. The molecule has 1 heterocycles. The summed E-state index contributed by atoms with van der Waals surface area (Å²) in [5.74, 6) is 0. The summed E-state index contributed by atoms with van der Waals surface area (Å²) in [7, 11) is 1.67. The molecule has 0 aliphatic carbocycles. The highest BCUT2D eigenvalue weighted by molar-refractivity contribution is 4.71. The fourth-order valence-corrected chi connectivity index (χ4v) is 0.964. The summed E-state index contributed by atoms with van der Waals surface area (Å²) in [4.78, 5) is 3.83. The first-order valence-corrected chi connectivity index (χ1v) is 4.38. The lowest BCUT2D eigenvalue weighted by Crippen LogP contribution is -2.05. The topological polar surface area (TPSA) is 36.3 Å². The molecule has 0 saturated carbocycles. The maximum atomic E-state index is 5.30. The molecule has 1 rings (SSSR count). The fourth-order valence-electron chi connectivity index (χ4n) is 0.964. The first-order chi connectivity index (χ1) is 6.43. The van der Waals surface area contributed by atoms with E-state index in [2.05, 4.69) is 11.2 Å². The molecule has 0 unspecified atom stereocenters. The summed E-state index contributed by atoms with van der Waals surface area (Å²) in [5.41, 5.74) is 0. The molecule has 4 heteroatoms. The monoisotopic (exact) mass is 183 g/mol. The van der Waals surface area contributed by atoms with Gasteiger partial charge < -0.3 is 14.0 Å². The van der Waals surface area contributed by atoms with Gasteiger partial charge in [-0.05, 0) is 6.42 Å². The van der Waals surface area contributed by atoms with Crippen LogP contribution in [0.2, 0.25) is 0 Å². The second kappa shape index (κ2) is 6.62. The van der Waals surface area contributed by atoms with Crippen molar-refractivity contribution in [3.05, 3.63) is 18.7 Å². The number of imidazole rings is 1. The van der Waals surface area contributed by atoms with E-state index in [-0.39, 0.29) is 0 Å². The Hall–Kier alpha value is -0.870. The zero-order valence-corrected chi connectivity index (χ0v) is 7.90. The number of rotatable bonds is 7. The Bertz CT molecular complexity index is 199. The van der Waals surface area contributed by atoms with Crippen LogP contribution in [-0.4, -0.2) is 36.5 Å². The second-order valence-electron chi connectivity index (χ2n) is 2.70. The maximum absolute atomic E-state index is 5.30. The van der Waals surface area contributed by atoms with Crippen molar-refractivity contribution < 1.29 is 9.47 Å². The van der Waals surface area contributed by atoms with Crippen molar-refractivity contribution in [3.63, 3.8) is 0 Å². The average Bonchev–Trinajstić information content (AvgIpc) is 2.63. The van der Waals surface area contributed by atoms with Gasteiger partial charge in [0.1, 0.15) is 6.20 Å². The van der Waals surface area contributed by atoms with E-state index in [9.17, 15) is 0 Å². The van der Waals surface area contributed by atoms with Crippen molar-refractivity contribution in [2.45, 2.75) is 13.0 Å². The third kappa shape index (κ3) is 4.65. The Labute approximate surface area is 78.5 Å². The second-order valence-corrected chi connectivity index (χ2v) is 2.70. The normalized spacial score (nSPS) is 10.5. The van der Waals surface area contributed by atoms with Gasteiger partial charge in [0.2, 0.25) is 0 Å². The van der Waals surface area contributed by atoms with E-state index >= 15 is 0 Å². The summed E-state index contributed by atoms with van der Waals surface area (Å²) < 4.78 is 12.1. The Balaban J connectivity index is 1.90. The molecule has 0 N–H and O–H groups in total. The van der Waals surface area contributed by atoms with Crippen molar-refractivity contribution in [1.29, 1.82) is 0 Å². The van der Waals surface area contributed by atoms with E-state index in [1.165, 1.54) is 0 Å². The number of nitrogens with zero attached hydrogens (tertiary/aromatic N) is 2. The Kier molecular flexibility index (Phi) is 5.20.